The van der Waals surface area contributed by atoms with Gasteiger partial charge >= 0.3 is 0 Å². The smallest absolute Gasteiger partial charge is 0.227 e. The van der Waals surface area contributed by atoms with Crippen LogP contribution in [-0.4, -0.2) is 21.8 Å². The summed E-state index contributed by atoms with van der Waals surface area (Å²) in [5, 5.41) is 27.3. The van der Waals surface area contributed by atoms with E-state index >= 15 is 0 Å². The molecule has 0 amide bonds. The number of benzene rings is 4. The summed E-state index contributed by atoms with van der Waals surface area (Å²) in [4.78, 5) is 0. The molecule has 4 aromatic carbocycles. The molecule has 38 heavy (non-hydrogen) atoms. The lowest BCUT2D eigenvalue weighted by Gasteiger charge is -2.04. The highest BCUT2D eigenvalue weighted by atomic mass is 32.2. The summed E-state index contributed by atoms with van der Waals surface area (Å²) in [5.41, 5.74) is 9.36. The monoisotopic (exact) mass is 538 g/mol. The second-order valence-corrected chi connectivity index (χ2v) is 9.64. The lowest BCUT2D eigenvalue weighted by molar-refractivity contribution is 1.25. The normalized spacial score (nSPS) is 12.2. The SMILES string of the molecule is c1ccc(N=N/C(=N/Nc2ccccc2)SCCS/C(N=Nc2ccccc2)=N/Nc2ccccc2)cc1. The molecule has 0 fully saturated rings. The maximum absolute atomic E-state index is 4.45. The molecule has 10 heteroatoms. The van der Waals surface area contributed by atoms with Crippen molar-refractivity contribution in [1.82, 2.24) is 0 Å². The van der Waals surface area contributed by atoms with Gasteiger partial charge in [-0.3, -0.25) is 10.9 Å². The molecule has 4 rings (SSSR count). The molecule has 4 aromatic rings. The van der Waals surface area contributed by atoms with Gasteiger partial charge in [0.15, 0.2) is 0 Å². The fourth-order valence-corrected chi connectivity index (χ4v) is 4.32. The number of anilines is 2. The molecule has 0 heterocycles. The van der Waals surface area contributed by atoms with Crippen LogP contribution in [0.4, 0.5) is 22.7 Å². The third kappa shape index (κ3) is 10.00. The zero-order valence-electron chi connectivity index (χ0n) is 20.5. The number of azo groups is 2. The highest BCUT2D eigenvalue weighted by molar-refractivity contribution is 8.17. The molecule has 0 radical (unpaired) electrons. The molecule has 8 nitrogen and oxygen atoms in total. The van der Waals surface area contributed by atoms with E-state index in [9.17, 15) is 0 Å². The van der Waals surface area contributed by atoms with E-state index in [1.54, 1.807) is 0 Å². The van der Waals surface area contributed by atoms with Crippen LogP contribution in [0.2, 0.25) is 0 Å². The lowest BCUT2D eigenvalue weighted by atomic mass is 10.3. The van der Waals surface area contributed by atoms with Gasteiger partial charge in [0.05, 0.1) is 22.7 Å². The predicted molar refractivity (Wildman–Crippen MR) is 162 cm³/mol. The molecule has 0 aliphatic carbocycles. The summed E-state index contributed by atoms with van der Waals surface area (Å²) >= 11 is 2.98. The minimum Gasteiger partial charge on any atom is -0.276 e. The van der Waals surface area contributed by atoms with Crippen molar-refractivity contribution in [3.8, 4) is 0 Å². The van der Waals surface area contributed by atoms with Crippen LogP contribution in [0.15, 0.2) is 152 Å². The minimum absolute atomic E-state index is 0.519. The van der Waals surface area contributed by atoms with Crippen molar-refractivity contribution in [1.29, 1.82) is 0 Å². The van der Waals surface area contributed by atoms with Crippen LogP contribution in [0.1, 0.15) is 0 Å². The average molecular weight is 539 g/mol. The van der Waals surface area contributed by atoms with Gasteiger partial charge in [0.2, 0.25) is 10.3 Å². The lowest BCUT2D eigenvalue weighted by Crippen LogP contribution is -2.00. The second-order valence-electron chi connectivity index (χ2n) is 7.51. The number of rotatable bonds is 9. The fourth-order valence-electron chi connectivity index (χ4n) is 2.87. The van der Waals surface area contributed by atoms with Crippen molar-refractivity contribution >= 4 is 56.6 Å². The number of thioether (sulfide) groups is 2. The first kappa shape index (κ1) is 26.8. The largest absolute Gasteiger partial charge is 0.276 e. The third-order valence-corrected chi connectivity index (χ3v) is 6.61. The zero-order chi connectivity index (χ0) is 26.1. The van der Waals surface area contributed by atoms with E-state index in [1.807, 2.05) is 121 Å². The Kier molecular flexibility index (Phi) is 11.1. The third-order valence-electron chi connectivity index (χ3n) is 4.67. The van der Waals surface area contributed by atoms with Gasteiger partial charge in [0, 0.05) is 11.5 Å². The molecule has 0 saturated heterocycles. The highest BCUT2D eigenvalue weighted by Crippen LogP contribution is 2.19. The summed E-state index contributed by atoms with van der Waals surface area (Å²) < 4.78 is 0. The second kappa shape index (κ2) is 15.7. The highest BCUT2D eigenvalue weighted by Gasteiger charge is 2.05. The number of hydrogen-bond acceptors (Lipinski definition) is 8. The molecule has 0 atom stereocenters. The Bertz CT molecular complexity index is 1240. The standard InChI is InChI=1S/C28H26N8S2/c1-5-13-23(14-6-1)29-33-27(34-30-24-15-7-2-8-16-24)37-21-22-38-28(35-31-25-17-9-3-10-18-25)36-32-26-19-11-4-12-20-26/h1-20,29,31H,21-22H2/b33-27-,34-30?,35-28+,36-32?. The molecule has 0 unspecified atom stereocenters. The summed E-state index contributed by atoms with van der Waals surface area (Å²) in [7, 11) is 0. The molecule has 0 spiro atoms. The van der Waals surface area contributed by atoms with Gasteiger partial charge in [0.25, 0.3) is 0 Å². The first-order valence-corrected chi connectivity index (χ1v) is 13.8. The van der Waals surface area contributed by atoms with Crippen LogP contribution >= 0.6 is 23.5 Å². The van der Waals surface area contributed by atoms with Gasteiger partial charge in [-0.05, 0) is 48.5 Å². The molecule has 0 aromatic heterocycles. The molecule has 0 aliphatic rings. The first-order chi connectivity index (χ1) is 18.8. The molecule has 0 saturated carbocycles. The number of amidine groups is 2. The molecule has 190 valence electrons. The average Bonchev–Trinajstić information content (AvgIpc) is 2.99. The van der Waals surface area contributed by atoms with Gasteiger partial charge in [-0.2, -0.15) is 0 Å². The Morgan fingerprint density at radius 3 is 1.18 bits per heavy atom. The quantitative estimate of drug-likeness (QED) is 0.0731. The van der Waals surface area contributed by atoms with Crippen LogP contribution in [0, 0.1) is 0 Å². The predicted octanol–water partition coefficient (Wildman–Crippen LogP) is 8.79. The summed E-state index contributed by atoms with van der Waals surface area (Å²) in [6, 6.07) is 38.6. The number of hydrazone groups is 2. The summed E-state index contributed by atoms with van der Waals surface area (Å²) in [5.74, 6) is 1.41. The zero-order valence-corrected chi connectivity index (χ0v) is 22.1. The Labute approximate surface area is 230 Å². The number of nitrogens with one attached hydrogen (secondary N) is 2. The van der Waals surface area contributed by atoms with Crippen molar-refractivity contribution in [2.75, 3.05) is 22.4 Å². The van der Waals surface area contributed by atoms with E-state index in [-0.39, 0.29) is 0 Å². The minimum atomic E-state index is 0.519. The van der Waals surface area contributed by atoms with Crippen molar-refractivity contribution in [3.05, 3.63) is 121 Å². The molecule has 0 bridgehead atoms. The van der Waals surface area contributed by atoms with Crippen LogP contribution in [0.3, 0.4) is 0 Å². The fraction of sp³-hybridized carbons (Fsp3) is 0.0714. The van der Waals surface area contributed by atoms with E-state index < -0.39 is 0 Å². The van der Waals surface area contributed by atoms with E-state index in [4.69, 9.17) is 0 Å². The van der Waals surface area contributed by atoms with Crippen LogP contribution in [0.5, 0.6) is 0 Å². The van der Waals surface area contributed by atoms with Crippen molar-refractivity contribution in [2.24, 2.45) is 30.7 Å². The van der Waals surface area contributed by atoms with E-state index in [1.165, 1.54) is 23.5 Å². The van der Waals surface area contributed by atoms with Gasteiger partial charge < -0.3 is 0 Å². The van der Waals surface area contributed by atoms with Gasteiger partial charge in [-0.15, -0.1) is 30.7 Å². The maximum Gasteiger partial charge on any atom is 0.227 e. The first-order valence-electron chi connectivity index (χ1n) is 11.8. The van der Waals surface area contributed by atoms with Gasteiger partial charge in [-0.25, -0.2) is 0 Å². The Balaban J connectivity index is 1.39. The topological polar surface area (TPSA) is 98.2 Å². The molecule has 0 aliphatic heterocycles. The van der Waals surface area contributed by atoms with E-state index in [2.05, 4.69) is 41.5 Å². The molecular weight excluding hydrogens is 512 g/mol. The van der Waals surface area contributed by atoms with Crippen LogP contribution in [-0.2, 0) is 0 Å². The number of nitrogens with zero attached hydrogens (tertiary/aromatic N) is 6. The van der Waals surface area contributed by atoms with Gasteiger partial charge in [0.1, 0.15) is 0 Å². The molecular formula is C28H26N8S2. The molecule has 2 N–H and O–H groups in total. The van der Waals surface area contributed by atoms with Crippen molar-refractivity contribution in [3.63, 3.8) is 0 Å². The van der Waals surface area contributed by atoms with Crippen molar-refractivity contribution in [2.45, 2.75) is 0 Å². The number of hydrogen-bond donors (Lipinski definition) is 2. The van der Waals surface area contributed by atoms with E-state index in [0.717, 1.165) is 22.7 Å². The summed E-state index contributed by atoms with van der Waals surface area (Å²) in [6.45, 7) is 0. The Morgan fingerprint density at radius 2 is 0.816 bits per heavy atom. The maximum atomic E-state index is 4.45. The number of para-hydroxylation sites is 2. The van der Waals surface area contributed by atoms with Crippen LogP contribution in [0.25, 0.3) is 0 Å². The summed E-state index contributed by atoms with van der Waals surface area (Å²) in [6.07, 6.45) is 0. The van der Waals surface area contributed by atoms with Crippen LogP contribution < -0.4 is 10.9 Å². The van der Waals surface area contributed by atoms with E-state index in [0.29, 0.717) is 21.8 Å². The Morgan fingerprint density at radius 1 is 0.474 bits per heavy atom. The Hall–Kier alpha value is -4.28. The van der Waals surface area contributed by atoms with Gasteiger partial charge in [-0.1, -0.05) is 96.3 Å². The van der Waals surface area contributed by atoms with Crippen molar-refractivity contribution < 1.29 is 0 Å².